The molecule has 2 aromatic heterocycles. The van der Waals surface area contributed by atoms with Gasteiger partial charge in [-0.15, -0.1) is 0 Å². The number of nitrogens with one attached hydrogen (secondary N) is 1. The molecule has 0 saturated heterocycles. The third-order valence-electron chi connectivity index (χ3n) is 8.14. The number of rotatable bonds is 5. The lowest BCUT2D eigenvalue weighted by atomic mass is 9.68. The Kier molecular flexibility index (Phi) is 5.66. The highest BCUT2D eigenvalue weighted by Gasteiger charge is 2.41. The molecule has 0 atom stereocenters. The van der Waals surface area contributed by atoms with Crippen LogP contribution in [-0.2, 0) is 10.2 Å². The highest BCUT2D eigenvalue weighted by molar-refractivity contribution is 5.99. The van der Waals surface area contributed by atoms with E-state index in [1.807, 2.05) is 13.0 Å². The van der Waals surface area contributed by atoms with E-state index in [9.17, 15) is 19.6 Å². The van der Waals surface area contributed by atoms with Crippen LogP contribution in [0.25, 0.3) is 27.5 Å². The van der Waals surface area contributed by atoms with Crippen LogP contribution in [0.2, 0.25) is 0 Å². The summed E-state index contributed by atoms with van der Waals surface area (Å²) in [6, 6.07) is 11.7. The van der Waals surface area contributed by atoms with E-state index in [0.717, 1.165) is 51.6 Å². The van der Waals surface area contributed by atoms with Gasteiger partial charge in [-0.05, 0) is 86.9 Å². The highest BCUT2D eigenvalue weighted by Crippen LogP contribution is 2.50. The van der Waals surface area contributed by atoms with E-state index in [1.165, 1.54) is 6.07 Å². The number of aryl methyl sites for hydroxylation is 1. The minimum Gasteiger partial charge on any atom is -0.481 e. The first-order chi connectivity index (χ1) is 17.1. The molecule has 1 aliphatic rings. The van der Waals surface area contributed by atoms with Gasteiger partial charge in [-0.25, -0.2) is 4.39 Å². The normalized spacial score (nSPS) is 20.6. The van der Waals surface area contributed by atoms with Crippen molar-refractivity contribution < 1.29 is 14.3 Å². The summed E-state index contributed by atoms with van der Waals surface area (Å²) in [6.07, 6.45) is 4.80. The van der Waals surface area contributed by atoms with Crippen molar-refractivity contribution in [3.05, 3.63) is 59.2 Å². The fourth-order valence-electron chi connectivity index (χ4n) is 5.90. The molecule has 0 bridgehead atoms. The smallest absolute Gasteiger partial charge is 0.309 e. The molecule has 4 aromatic rings. The van der Waals surface area contributed by atoms with Crippen LogP contribution in [0.1, 0.15) is 75.6 Å². The summed E-state index contributed by atoms with van der Waals surface area (Å²) in [4.78, 5) is 11.9. The van der Waals surface area contributed by atoms with E-state index in [1.54, 1.807) is 19.2 Å². The number of nitriles is 1. The van der Waals surface area contributed by atoms with Gasteiger partial charge in [-0.2, -0.15) is 10.4 Å². The summed E-state index contributed by atoms with van der Waals surface area (Å²) >= 11 is 0. The highest BCUT2D eigenvalue weighted by atomic mass is 19.1. The van der Waals surface area contributed by atoms with Crippen molar-refractivity contribution in [1.29, 1.82) is 5.26 Å². The van der Waals surface area contributed by atoms with E-state index in [4.69, 9.17) is 0 Å². The SMILES string of the molecule is Cc1cc(-n2c(C(C)(C)CC#N)c(C3CCC(C)(C(=O)O)CC3)c3cc4[nH]ncc4cc32)ccc1F. The van der Waals surface area contributed by atoms with Gasteiger partial charge in [0.25, 0.3) is 0 Å². The fourth-order valence-corrected chi connectivity index (χ4v) is 5.90. The monoisotopic (exact) mass is 486 g/mol. The number of hydrogen-bond acceptors (Lipinski definition) is 3. The summed E-state index contributed by atoms with van der Waals surface area (Å²) in [5, 5.41) is 28.9. The molecule has 2 aromatic carbocycles. The lowest BCUT2D eigenvalue weighted by molar-refractivity contribution is -0.149. The number of carboxylic acid groups (broad SMARTS) is 1. The number of carbonyl (C=O) groups is 1. The zero-order chi connectivity index (χ0) is 25.8. The Morgan fingerprint density at radius 3 is 2.67 bits per heavy atom. The number of aliphatic carboxylic acids is 1. The van der Waals surface area contributed by atoms with Crippen molar-refractivity contribution in [2.24, 2.45) is 5.41 Å². The van der Waals surface area contributed by atoms with Crippen LogP contribution in [0.15, 0.2) is 36.5 Å². The van der Waals surface area contributed by atoms with Crippen LogP contribution >= 0.6 is 0 Å². The predicted molar refractivity (Wildman–Crippen MR) is 138 cm³/mol. The molecule has 2 N–H and O–H groups in total. The van der Waals surface area contributed by atoms with Crippen LogP contribution < -0.4 is 0 Å². The van der Waals surface area contributed by atoms with Crippen LogP contribution in [0.4, 0.5) is 4.39 Å². The molecule has 0 spiro atoms. The maximum absolute atomic E-state index is 14.3. The third kappa shape index (κ3) is 3.76. The largest absolute Gasteiger partial charge is 0.481 e. The summed E-state index contributed by atoms with van der Waals surface area (Å²) in [5.74, 6) is -0.851. The number of fused-ring (bicyclic) bond motifs is 2. The quantitative estimate of drug-likeness (QED) is 0.321. The number of nitrogens with zero attached hydrogens (tertiary/aromatic N) is 3. The van der Waals surface area contributed by atoms with Gasteiger partial charge < -0.3 is 9.67 Å². The Bertz CT molecular complexity index is 1530. The maximum Gasteiger partial charge on any atom is 0.309 e. The van der Waals surface area contributed by atoms with Gasteiger partial charge in [-0.1, -0.05) is 13.8 Å². The average molecular weight is 487 g/mol. The summed E-state index contributed by atoms with van der Waals surface area (Å²) in [5.41, 5.74) is 4.29. The van der Waals surface area contributed by atoms with Crippen molar-refractivity contribution >= 4 is 27.8 Å². The first-order valence-electron chi connectivity index (χ1n) is 12.4. The first kappa shape index (κ1) is 24.1. The zero-order valence-electron chi connectivity index (χ0n) is 21.2. The van der Waals surface area contributed by atoms with Gasteiger partial charge in [0.1, 0.15) is 5.82 Å². The Balaban J connectivity index is 1.83. The summed E-state index contributed by atoms with van der Waals surface area (Å²) < 4.78 is 16.5. The van der Waals surface area contributed by atoms with Gasteiger partial charge >= 0.3 is 5.97 Å². The number of carboxylic acids is 1. The van der Waals surface area contributed by atoms with E-state index in [0.29, 0.717) is 24.8 Å². The molecular weight excluding hydrogens is 455 g/mol. The average Bonchev–Trinajstić information content (AvgIpc) is 3.42. The Morgan fingerprint density at radius 1 is 1.31 bits per heavy atom. The standard InChI is InChI=1S/C29H31FN4O2/c1-17-13-20(5-6-22(17)30)34-24-14-19-16-32-33-23(19)15-21(24)25(26(34)28(2,3)11-12-31)18-7-9-29(4,10-8-18)27(35)36/h5-6,13-16,18H,7-11H2,1-4H3,(H,32,33)(H,35,36). The third-order valence-corrected chi connectivity index (χ3v) is 8.14. The van der Waals surface area contributed by atoms with E-state index in [-0.39, 0.29) is 11.7 Å². The summed E-state index contributed by atoms with van der Waals surface area (Å²) in [6.45, 7) is 7.76. The molecule has 0 radical (unpaired) electrons. The number of H-pyrrole nitrogens is 1. The van der Waals surface area contributed by atoms with Gasteiger partial charge in [0.15, 0.2) is 0 Å². The second-order valence-electron chi connectivity index (χ2n) is 11.2. The minimum atomic E-state index is -0.741. The maximum atomic E-state index is 14.3. The van der Waals surface area contributed by atoms with Crippen molar-refractivity contribution in [3.8, 4) is 11.8 Å². The fraction of sp³-hybridized carbons (Fsp3) is 0.414. The van der Waals surface area contributed by atoms with E-state index >= 15 is 0 Å². The molecule has 0 amide bonds. The van der Waals surface area contributed by atoms with Gasteiger partial charge in [0.05, 0.1) is 28.7 Å². The first-order valence-corrected chi connectivity index (χ1v) is 12.4. The van der Waals surface area contributed by atoms with Crippen LogP contribution in [0, 0.1) is 29.5 Å². The van der Waals surface area contributed by atoms with Gasteiger partial charge in [0.2, 0.25) is 0 Å². The lowest BCUT2D eigenvalue weighted by Crippen LogP contribution is -2.32. The second-order valence-corrected chi connectivity index (χ2v) is 11.2. The number of hydrogen-bond donors (Lipinski definition) is 2. The molecule has 2 heterocycles. The van der Waals surface area contributed by atoms with Crippen LogP contribution in [0.5, 0.6) is 0 Å². The van der Waals surface area contributed by atoms with E-state index < -0.39 is 16.8 Å². The summed E-state index contributed by atoms with van der Waals surface area (Å²) in [7, 11) is 0. The van der Waals surface area contributed by atoms with Crippen molar-refractivity contribution in [2.45, 2.75) is 71.1 Å². The number of benzene rings is 2. The molecule has 0 aliphatic heterocycles. The molecular formula is C29H31FN4O2. The number of aromatic amines is 1. The molecule has 36 heavy (non-hydrogen) atoms. The Morgan fingerprint density at radius 2 is 2.03 bits per heavy atom. The van der Waals surface area contributed by atoms with Crippen molar-refractivity contribution in [2.75, 3.05) is 0 Å². The number of aromatic nitrogens is 3. The minimum absolute atomic E-state index is 0.149. The van der Waals surface area contributed by atoms with Crippen LogP contribution in [0.3, 0.4) is 0 Å². The Labute approximate surface area is 209 Å². The molecule has 1 fully saturated rings. The van der Waals surface area contributed by atoms with Crippen molar-refractivity contribution in [1.82, 2.24) is 14.8 Å². The van der Waals surface area contributed by atoms with Crippen molar-refractivity contribution in [3.63, 3.8) is 0 Å². The second kappa shape index (κ2) is 8.48. The molecule has 0 unspecified atom stereocenters. The van der Waals surface area contributed by atoms with Gasteiger partial charge in [0, 0.05) is 34.0 Å². The zero-order valence-corrected chi connectivity index (χ0v) is 21.2. The van der Waals surface area contributed by atoms with Crippen LogP contribution in [-0.4, -0.2) is 25.8 Å². The number of halogens is 1. The predicted octanol–water partition coefficient (Wildman–Crippen LogP) is 6.89. The molecule has 186 valence electrons. The molecule has 1 aliphatic carbocycles. The van der Waals surface area contributed by atoms with E-state index in [2.05, 4.69) is 46.8 Å². The molecule has 5 rings (SSSR count). The van der Waals surface area contributed by atoms with Gasteiger partial charge in [-0.3, -0.25) is 9.89 Å². The molecule has 1 saturated carbocycles. The topological polar surface area (TPSA) is 94.7 Å². The lowest BCUT2D eigenvalue weighted by Gasteiger charge is -2.36. The molecule has 7 heteroatoms. The Hall–Kier alpha value is -3.66. The molecule has 6 nitrogen and oxygen atoms in total.